The number of carbonyl (C=O) groups excluding carboxylic acids is 1. The number of nitrogens with one attached hydrogen (secondary N) is 1. The third-order valence-electron chi connectivity index (χ3n) is 6.65. The zero-order valence-electron chi connectivity index (χ0n) is 16.3. The highest BCUT2D eigenvalue weighted by Gasteiger charge is 2.59. The molecular weight excluding hydrogens is 374 g/mol. The van der Waals surface area contributed by atoms with Crippen LogP contribution in [-0.4, -0.2) is 20.4 Å². The largest absolute Gasteiger partial charge is 0.327 e. The monoisotopic (exact) mass is 396 g/mol. The summed E-state index contributed by atoms with van der Waals surface area (Å²) in [7, 11) is 0. The molecule has 3 unspecified atom stereocenters. The standard InChI is InChI=1S/C22H22F2N4O/c1-11-3-4-20(25-9-11)27-22(29)12(2)21-14-5-13(6-15(14)21)28-10-26-18-7-16(23)17(24)8-19(18)28/h3-4,7-10,12-15,21H,5-6H2,1-2H3,(H,25,27,29)/t12?,13?,14-,15+,21?. The van der Waals surface area contributed by atoms with E-state index in [1.165, 1.54) is 6.07 Å². The first-order valence-electron chi connectivity index (χ1n) is 9.97. The molecule has 0 bridgehead atoms. The van der Waals surface area contributed by atoms with Crippen LogP contribution in [0.5, 0.6) is 0 Å². The Morgan fingerprint density at radius 2 is 1.90 bits per heavy atom. The third-order valence-corrected chi connectivity index (χ3v) is 6.65. The van der Waals surface area contributed by atoms with Crippen LogP contribution in [0.2, 0.25) is 0 Å². The summed E-state index contributed by atoms with van der Waals surface area (Å²) in [5.41, 5.74) is 2.15. The van der Waals surface area contributed by atoms with E-state index in [2.05, 4.69) is 15.3 Å². The number of aromatic nitrogens is 3. The Kier molecular flexibility index (Phi) is 4.15. The number of anilines is 1. The summed E-state index contributed by atoms with van der Waals surface area (Å²) in [5.74, 6) is 0.0956. The van der Waals surface area contributed by atoms with Crippen molar-refractivity contribution in [3.05, 3.63) is 54.0 Å². The van der Waals surface area contributed by atoms with E-state index in [4.69, 9.17) is 0 Å². The second-order valence-electron chi connectivity index (χ2n) is 8.44. The number of rotatable bonds is 4. The number of imidazole rings is 1. The number of aryl methyl sites for hydroxylation is 1. The summed E-state index contributed by atoms with van der Waals surface area (Å²) in [6.45, 7) is 3.93. The molecule has 29 heavy (non-hydrogen) atoms. The van der Waals surface area contributed by atoms with Crippen molar-refractivity contribution in [3.63, 3.8) is 0 Å². The van der Waals surface area contributed by atoms with E-state index < -0.39 is 11.6 Å². The van der Waals surface area contributed by atoms with Gasteiger partial charge in [0.25, 0.3) is 0 Å². The minimum absolute atomic E-state index is 0.00271. The van der Waals surface area contributed by atoms with Crippen molar-refractivity contribution in [2.45, 2.75) is 32.7 Å². The van der Waals surface area contributed by atoms with Gasteiger partial charge in [0.05, 0.1) is 17.4 Å². The molecule has 150 valence electrons. The van der Waals surface area contributed by atoms with Crippen LogP contribution in [-0.2, 0) is 4.79 Å². The molecule has 2 saturated carbocycles. The lowest BCUT2D eigenvalue weighted by atomic mass is 9.96. The first-order valence-corrected chi connectivity index (χ1v) is 9.97. The Bertz CT molecular complexity index is 1080. The van der Waals surface area contributed by atoms with Crippen LogP contribution in [0.1, 0.15) is 31.4 Å². The van der Waals surface area contributed by atoms with E-state index >= 15 is 0 Å². The van der Waals surface area contributed by atoms with Gasteiger partial charge in [-0.25, -0.2) is 18.7 Å². The van der Waals surface area contributed by atoms with Crippen LogP contribution in [0.15, 0.2) is 36.8 Å². The Balaban J connectivity index is 1.25. The maximum Gasteiger partial charge on any atom is 0.228 e. The quantitative estimate of drug-likeness (QED) is 0.707. The number of nitrogens with zero attached hydrogens (tertiary/aromatic N) is 3. The second kappa shape index (κ2) is 6.61. The number of halogens is 2. The molecule has 2 aromatic heterocycles. The minimum atomic E-state index is -0.875. The SMILES string of the molecule is Cc1ccc(NC(=O)C(C)C2[C@H]3CC(n4cnc5cc(F)c(F)cc54)C[C@@H]23)nc1. The zero-order valence-corrected chi connectivity index (χ0v) is 16.3. The molecule has 2 aliphatic rings. The number of benzene rings is 1. The molecule has 7 heteroatoms. The predicted octanol–water partition coefficient (Wildman–Crippen LogP) is 4.49. The summed E-state index contributed by atoms with van der Waals surface area (Å²) < 4.78 is 29.1. The summed E-state index contributed by atoms with van der Waals surface area (Å²) in [5, 5.41) is 2.91. The number of pyridine rings is 1. The Labute approximate surface area is 167 Å². The number of hydrogen-bond acceptors (Lipinski definition) is 3. The molecule has 5 rings (SSSR count). The molecule has 0 radical (unpaired) electrons. The zero-order chi connectivity index (χ0) is 20.3. The molecule has 1 amide bonds. The van der Waals surface area contributed by atoms with Crippen molar-refractivity contribution in [2.75, 3.05) is 5.32 Å². The summed E-state index contributed by atoms with van der Waals surface area (Å²) in [4.78, 5) is 21.1. The Morgan fingerprint density at radius 3 is 2.59 bits per heavy atom. The first-order chi connectivity index (χ1) is 13.9. The lowest BCUT2D eigenvalue weighted by Gasteiger charge is -2.19. The van der Waals surface area contributed by atoms with Crippen molar-refractivity contribution in [2.24, 2.45) is 23.7 Å². The van der Waals surface area contributed by atoms with Crippen molar-refractivity contribution >= 4 is 22.8 Å². The lowest BCUT2D eigenvalue weighted by molar-refractivity contribution is -0.120. The topological polar surface area (TPSA) is 59.8 Å². The molecule has 2 aliphatic carbocycles. The first kappa shape index (κ1) is 18.2. The van der Waals surface area contributed by atoms with Crippen LogP contribution in [0.4, 0.5) is 14.6 Å². The van der Waals surface area contributed by atoms with E-state index in [0.717, 1.165) is 24.5 Å². The average molecular weight is 396 g/mol. The summed E-state index contributed by atoms with van der Waals surface area (Å²) >= 11 is 0. The smallest absolute Gasteiger partial charge is 0.228 e. The van der Waals surface area contributed by atoms with E-state index in [-0.39, 0.29) is 17.9 Å². The van der Waals surface area contributed by atoms with Gasteiger partial charge in [0.1, 0.15) is 5.82 Å². The van der Waals surface area contributed by atoms with Crippen molar-refractivity contribution in [3.8, 4) is 0 Å². The molecular formula is C22H22F2N4O. The summed E-state index contributed by atoms with van der Waals surface area (Å²) in [6, 6.07) is 6.32. The van der Waals surface area contributed by atoms with Crippen molar-refractivity contribution in [1.82, 2.24) is 14.5 Å². The fraction of sp³-hybridized carbons (Fsp3) is 0.409. The van der Waals surface area contributed by atoms with Gasteiger partial charge in [-0.2, -0.15) is 0 Å². The van der Waals surface area contributed by atoms with Gasteiger partial charge in [-0.15, -0.1) is 0 Å². The van der Waals surface area contributed by atoms with Gasteiger partial charge < -0.3 is 9.88 Å². The highest BCUT2D eigenvalue weighted by Crippen LogP contribution is 2.64. The molecule has 0 saturated heterocycles. The fourth-order valence-corrected chi connectivity index (χ4v) is 5.10. The predicted molar refractivity (Wildman–Crippen MR) is 105 cm³/mol. The Morgan fingerprint density at radius 1 is 1.17 bits per heavy atom. The molecule has 2 heterocycles. The molecule has 1 N–H and O–H groups in total. The van der Waals surface area contributed by atoms with Gasteiger partial charge in [0.15, 0.2) is 11.6 Å². The molecule has 1 aromatic carbocycles. The third kappa shape index (κ3) is 3.09. The van der Waals surface area contributed by atoms with Crippen molar-refractivity contribution < 1.29 is 13.6 Å². The van der Waals surface area contributed by atoms with Gasteiger partial charge in [-0.3, -0.25) is 4.79 Å². The molecule has 3 aromatic rings. The fourth-order valence-electron chi connectivity index (χ4n) is 5.10. The molecule has 0 aliphatic heterocycles. The average Bonchev–Trinajstić information content (AvgIpc) is 3.02. The van der Waals surface area contributed by atoms with E-state index in [1.807, 2.05) is 30.5 Å². The number of hydrogen-bond donors (Lipinski definition) is 1. The molecule has 5 atom stereocenters. The van der Waals surface area contributed by atoms with Crippen LogP contribution in [0.3, 0.4) is 0 Å². The van der Waals surface area contributed by atoms with Crippen LogP contribution in [0.25, 0.3) is 11.0 Å². The summed E-state index contributed by atoms with van der Waals surface area (Å²) in [6.07, 6.45) is 5.27. The molecule has 0 spiro atoms. The Hall–Kier alpha value is -2.83. The number of carbonyl (C=O) groups is 1. The maximum atomic E-state index is 13.7. The van der Waals surface area contributed by atoms with Crippen LogP contribution < -0.4 is 5.32 Å². The van der Waals surface area contributed by atoms with Gasteiger partial charge in [-0.05, 0) is 49.1 Å². The normalized spacial score (nSPS) is 26.3. The van der Waals surface area contributed by atoms with Crippen molar-refractivity contribution in [1.29, 1.82) is 0 Å². The molecule has 5 nitrogen and oxygen atoms in total. The minimum Gasteiger partial charge on any atom is -0.327 e. The van der Waals surface area contributed by atoms with Gasteiger partial charge in [0, 0.05) is 30.3 Å². The molecule has 2 fully saturated rings. The van der Waals surface area contributed by atoms with E-state index in [9.17, 15) is 13.6 Å². The van der Waals surface area contributed by atoms with E-state index in [0.29, 0.717) is 34.6 Å². The van der Waals surface area contributed by atoms with Gasteiger partial charge in [0.2, 0.25) is 5.91 Å². The lowest BCUT2D eigenvalue weighted by Crippen LogP contribution is -2.24. The van der Waals surface area contributed by atoms with Crippen LogP contribution in [0, 0.1) is 42.2 Å². The van der Waals surface area contributed by atoms with Gasteiger partial charge in [-0.1, -0.05) is 13.0 Å². The number of amides is 1. The highest BCUT2D eigenvalue weighted by molar-refractivity contribution is 5.92. The number of fused-ring (bicyclic) bond motifs is 2. The highest BCUT2D eigenvalue weighted by atomic mass is 19.2. The second-order valence-corrected chi connectivity index (χ2v) is 8.44. The van der Waals surface area contributed by atoms with Crippen LogP contribution >= 0.6 is 0 Å². The van der Waals surface area contributed by atoms with Gasteiger partial charge >= 0.3 is 0 Å². The maximum absolute atomic E-state index is 13.7. The van der Waals surface area contributed by atoms with E-state index in [1.54, 1.807) is 12.5 Å².